The van der Waals surface area contributed by atoms with E-state index in [1.165, 1.54) is 122 Å². The highest BCUT2D eigenvalue weighted by atomic mass is 16.6. The smallest absolute Gasteiger partial charge is 0.311 e. The quantitative estimate of drug-likeness (QED) is 0.0229. The SMILES string of the molecule is CCCCCCCC/C=C\CCCCCCCC(=O)OC=C(C[N+](C)(C)CCCO)OC(=O)CCCCCCC/C=C\CCCCCCCC. The van der Waals surface area contributed by atoms with E-state index in [2.05, 4.69) is 38.2 Å². The van der Waals surface area contributed by atoms with Crippen molar-refractivity contribution < 1.29 is 28.7 Å². The number of esters is 2. The lowest BCUT2D eigenvalue weighted by molar-refractivity contribution is -0.887. The Morgan fingerprint density at radius 2 is 0.900 bits per heavy atom. The van der Waals surface area contributed by atoms with E-state index in [-0.39, 0.29) is 18.5 Å². The van der Waals surface area contributed by atoms with Gasteiger partial charge in [0, 0.05) is 25.9 Å². The van der Waals surface area contributed by atoms with Crippen molar-refractivity contribution >= 4 is 11.9 Å². The molecule has 0 aromatic carbocycles. The molecule has 1 N–H and O–H groups in total. The number of ether oxygens (including phenoxy) is 2. The molecule has 0 radical (unpaired) electrons. The molecule has 0 saturated carbocycles. The zero-order chi connectivity index (χ0) is 36.8. The topological polar surface area (TPSA) is 72.8 Å². The number of unbranched alkanes of at least 4 members (excludes halogenated alkanes) is 22. The minimum absolute atomic E-state index is 0.112. The Balaban J connectivity index is 4.24. The minimum atomic E-state index is -0.283. The van der Waals surface area contributed by atoms with Crippen LogP contribution < -0.4 is 0 Å². The molecule has 0 aliphatic carbocycles. The summed E-state index contributed by atoms with van der Waals surface area (Å²) in [6.07, 6.45) is 43.7. The highest BCUT2D eigenvalue weighted by molar-refractivity contribution is 5.71. The summed E-state index contributed by atoms with van der Waals surface area (Å²) in [5.74, 6) is -0.179. The molecule has 0 bridgehead atoms. The lowest BCUT2D eigenvalue weighted by atomic mass is 10.1. The zero-order valence-corrected chi connectivity index (χ0v) is 33.5. The molecular formula is C44H82NO5+. The number of rotatable bonds is 37. The van der Waals surface area contributed by atoms with Crippen LogP contribution in [0.2, 0.25) is 0 Å². The van der Waals surface area contributed by atoms with E-state index in [0.29, 0.717) is 36.0 Å². The number of carbonyl (C=O) groups is 2. The second-order valence-electron chi connectivity index (χ2n) is 15.1. The van der Waals surface area contributed by atoms with E-state index in [0.717, 1.165) is 57.9 Å². The summed E-state index contributed by atoms with van der Waals surface area (Å²) in [6.45, 7) is 5.78. The summed E-state index contributed by atoms with van der Waals surface area (Å²) in [7, 11) is 4.04. The maximum absolute atomic E-state index is 12.7. The van der Waals surface area contributed by atoms with Crippen LogP contribution in [0.5, 0.6) is 0 Å². The Hall–Kier alpha value is -1.92. The van der Waals surface area contributed by atoms with Gasteiger partial charge in [0.25, 0.3) is 0 Å². The Morgan fingerprint density at radius 3 is 1.32 bits per heavy atom. The van der Waals surface area contributed by atoms with E-state index < -0.39 is 0 Å². The minimum Gasteiger partial charge on any atom is -0.431 e. The van der Waals surface area contributed by atoms with Crippen molar-refractivity contribution in [1.82, 2.24) is 0 Å². The molecule has 0 fully saturated rings. The molecule has 0 atom stereocenters. The number of carbonyl (C=O) groups excluding carboxylic acids is 2. The average Bonchev–Trinajstić information content (AvgIpc) is 3.09. The van der Waals surface area contributed by atoms with Gasteiger partial charge < -0.3 is 19.1 Å². The largest absolute Gasteiger partial charge is 0.431 e. The zero-order valence-electron chi connectivity index (χ0n) is 33.5. The fourth-order valence-corrected chi connectivity index (χ4v) is 6.16. The van der Waals surface area contributed by atoms with Gasteiger partial charge in [-0.05, 0) is 64.2 Å². The molecule has 0 amide bonds. The Bertz CT molecular complexity index is 862. The van der Waals surface area contributed by atoms with Crippen LogP contribution in [0, 0.1) is 0 Å². The van der Waals surface area contributed by atoms with Crippen molar-refractivity contribution in [1.29, 1.82) is 0 Å². The summed E-state index contributed by atoms with van der Waals surface area (Å²) in [5, 5.41) is 9.29. The number of likely N-dealkylation sites (N-methyl/N-ethyl adjacent to an activating group) is 1. The fraction of sp³-hybridized carbons (Fsp3) is 0.818. The first-order chi connectivity index (χ1) is 24.3. The van der Waals surface area contributed by atoms with Gasteiger partial charge >= 0.3 is 11.9 Å². The van der Waals surface area contributed by atoms with E-state index in [9.17, 15) is 14.7 Å². The fourth-order valence-electron chi connectivity index (χ4n) is 6.16. The first-order valence-electron chi connectivity index (χ1n) is 21.2. The van der Waals surface area contributed by atoms with E-state index in [1.54, 1.807) is 0 Å². The average molecular weight is 705 g/mol. The number of quaternary nitrogens is 1. The van der Waals surface area contributed by atoms with Gasteiger partial charge in [-0.15, -0.1) is 0 Å². The summed E-state index contributed by atoms with van der Waals surface area (Å²) >= 11 is 0. The number of aliphatic hydroxyl groups is 1. The van der Waals surface area contributed by atoms with Gasteiger partial charge in [-0.2, -0.15) is 0 Å². The van der Waals surface area contributed by atoms with Gasteiger partial charge in [0.1, 0.15) is 12.8 Å². The Kier molecular flexibility index (Phi) is 35.4. The highest BCUT2D eigenvalue weighted by Crippen LogP contribution is 2.15. The van der Waals surface area contributed by atoms with Crippen LogP contribution in [0.1, 0.15) is 200 Å². The van der Waals surface area contributed by atoms with Gasteiger partial charge in [-0.25, -0.2) is 0 Å². The van der Waals surface area contributed by atoms with Gasteiger partial charge in [-0.3, -0.25) is 9.59 Å². The van der Waals surface area contributed by atoms with Crippen LogP contribution in [0.15, 0.2) is 36.3 Å². The van der Waals surface area contributed by atoms with Gasteiger partial charge in [0.05, 0.1) is 20.6 Å². The molecule has 0 aromatic rings. The normalized spacial score (nSPS) is 12.4. The standard InChI is InChI=1S/C44H82NO5/c1-5-7-9-11-13-15-17-19-21-23-25-27-29-31-33-36-43(47)49-41-42(40-45(3,4)38-35-39-46)50-44(48)37-34-32-30-28-26-24-22-20-18-16-14-12-10-8-6-2/h19-22,41,46H,5-18,23-40H2,1-4H3/q+1/b21-19-,22-20-,42-41?. The Labute approximate surface area is 310 Å². The predicted octanol–water partition coefficient (Wildman–Crippen LogP) is 12.4. The molecular weight excluding hydrogens is 622 g/mol. The second-order valence-corrected chi connectivity index (χ2v) is 15.1. The van der Waals surface area contributed by atoms with Gasteiger partial charge in [-0.1, -0.05) is 141 Å². The monoisotopic (exact) mass is 705 g/mol. The summed E-state index contributed by atoms with van der Waals surface area (Å²) in [6, 6.07) is 0. The third-order valence-corrected chi connectivity index (χ3v) is 9.36. The van der Waals surface area contributed by atoms with Crippen molar-refractivity contribution in [2.75, 3.05) is 33.8 Å². The van der Waals surface area contributed by atoms with Crippen molar-refractivity contribution in [3.8, 4) is 0 Å². The number of aliphatic hydroxyl groups excluding tert-OH is 1. The molecule has 0 aliphatic heterocycles. The van der Waals surface area contributed by atoms with E-state index in [1.807, 2.05) is 14.1 Å². The van der Waals surface area contributed by atoms with Crippen LogP contribution in [-0.2, 0) is 19.1 Å². The molecule has 0 unspecified atom stereocenters. The third kappa shape index (κ3) is 35.9. The van der Waals surface area contributed by atoms with Crippen molar-refractivity contribution in [3.05, 3.63) is 36.3 Å². The number of nitrogens with zero attached hydrogens (tertiary/aromatic N) is 1. The second kappa shape index (κ2) is 36.9. The van der Waals surface area contributed by atoms with Crippen LogP contribution in [-0.4, -0.2) is 55.3 Å². The molecule has 292 valence electrons. The lowest BCUT2D eigenvalue weighted by Gasteiger charge is -2.29. The molecule has 6 nitrogen and oxygen atoms in total. The first-order valence-corrected chi connectivity index (χ1v) is 21.2. The molecule has 50 heavy (non-hydrogen) atoms. The van der Waals surface area contributed by atoms with Crippen LogP contribution in [0.4, 0.5) is 0 Å². The Morgan fingerprint density at radius 1 is 0.520 bits per heavy atom. The molecule has 0 aromatic heterocycles. The summed E-state index contributed by atoms with van der Waals surface area (Å²) in [5.41, 5.74) is 0. The van der Waals surface area contributed by atoms with Crippen molar-refractivity contribution in [3.63, 3.8) is 0 Å². The first kappa shape index (κ1) is 48.1. The highest BCUT2D eigenvalue weighted by Gasteiger charge is 2.21. The van der Waals surface area contributed by atoms with Crippen LogP contribution >= 0.6 is 0 Å². The number of hydrogen-bond acceptors (Lipinski definition) is 5. The maximum atomic E-state index is 12.7. The van der Waals surface area contributed by atoms with Crippen LogP contribution in [0.3, 0.4) is 0 Å². The molecule has 6 heteroatoms. The maximum Gasteiger partial charge on any atom is 0.311 e. The van der Waals surface area contributed by atoms with Gasteiger partial charge in [0.2, 0.25) is 0 Å². The van der Waals surface area contributed by atoms with E-state index in [4.69, 9.17) is 9.47 Å². The number of hydrogen-bond donors (Lipinski definition) is 1. The molecule has 0 spiro atoms. The number of allylic oxidation sites excluding steroid dienone is 4. The van der Waals surface area contributed by atoms with E-state index >= 15 is 0 Å². The predicted molar refractivity (Wildman–Crippen MR) is 213 cm³/mol. The molecule has 0 aliphatic rings. The lowest BCUT2D eigenvalue weighted by Crippen LogP contribution is -2.43. The van der Waals surface area contributed by atoms with Crippen LogP contribution in [0.25, 0.3) is 0 Å². The molecule has 0 saturated heterocycles. The third-order valence-electron chi connectivity index (χ3n) is 9.36. The molecule has 0 rings (SSSR count). The summed E-state index contributed by atoms with van der Waals surface area (Å²) in [4.78, 5) is 25.2. The summed E-state index contributed by atoms with van der Waals surface area (Å²) < 4.78 is 11.7. The van der Waals surface area contributed by atoms with Crippen molar-refractivity contribution in [2.45, 2.75) is 200 Å². The van der Waals surface area contributed by atoms with Crippen molar-refractivity contribution in [2.24, 2.45) is 0 Å². The van der Waals surface area contributed by atoms with Gasteiger partial charge in [0.15, 0.2) is 5.76 Å². The molecule has 0 heterocycles.